The van der Waals surface area contributed by atoms with Crippen LogP contribution in [-0.4, -0.2) is 15.1 Å². The van der Waals surface area contributed by atoms with Gasteiger partial charge < -0.3 is 15.0 Å². The number of hydrogen-bond acceptors (Lipinski definition) is 6. The number of nitrogens with two attached hydrogens (primary N) is 1. The van der Waals surface area contributed by atoms with Crippen molar-refractivity contribution in [2.24, 2.45) is 5.73 Å². The molecule has 3 aromatic rings. The SMILES string of the molecule is NC1(c2noc(-c3ccc(OCc4ccccn4)cc3)n2)CCCC1. The highest BCUT2D eigenvalue weighted by Crippen LogP contribution is 2.35. The number of rotatable bonds is 5. The highest BCUT2D eigenvalue weighted by Gasteiger charge is 2.36. The van der Waals surface area contributed by atoms with E-state index in [1.807, 2.05) is 42.5 Å². The smallest absolute Gasteiger partial charge is 0.257 e. The van der Waals surface area contributed by atoms with Gasteiger partial charge in [0.15, 0.2) is 5.82 Å². The van der Waals surface area contributed by atoms with Crippen LogP contribution < -0.4 is 10.5 Å². The summed E-state index contributed by atoms with van der Waals surface area (Å²) < 4.78 is 11.1. The third kappa shape index (κ3) is 3.39. The molecule has 0 unspecified atom stereocenters. The highest BCUT2D eigenvalue weighted by atomic mass is 16.5. The molecule has 0 atom stereocenters. The molecule has 0 saturated heterocycles. The van der Waals surface area contributed by atoms with Crippen LogP contribution in [0.5, 0.6) is 5.75 Å². The number of ether oxygens (including phenoxy) is 1. The Bertz CT molecular complexity index is 824. The molecule has 6 heteroatoms. The Morgan fingerprint density at radius 3 is 2.60 bits per heavy atom. The third-order valence-electron chi connectivity index (χ3n) is 4.58. The van der Waals surface area contributed by atoms with Crippen LogP contribution in [0.4, 0.5) is 0 Å². The summed E-state index contributed by atoms with van der Waals surface area (Å²) in [5.41, 5.74) is 7.68. The third-order valence-corrected chi connectivity index (χ3v) is 4.58. The molecule has 1 saturated carbocycles. The van der Waals surface area contributed by atoms with E-state index in [-0.39, 0.29) is 0 Å². The van der Waals surface area contributed by atoms with Gasteiger partial charge in [0.2, 0.25) is 0 Å². The maximum absolute atomic E-state index is 6.38. The molecule has 0 aliphatic heterocycles. The fourth-order valence-electron chi connectivity index (χ4n) is 3.11. The van der Waals surface area contributed by atoms with Crippen molar-refractivity contribution in [3.63, 3.8) is 0 Å². The molecule has 1 aliphatic carbocycles. The van der Waals surface area contributed by atoms with Gasteiger partial charge in [-0.15, -0.1) is 0 Å². The summed E-state index contributed by atoms with van der Waals surface area (Å²) >= 11 is 0. The summed E-state index contributed by atoms with van der Waals surface area (Å²) in [5.74, 6) is 1.86. The lowest BCUT2D eigenvalue weighted by Gasteiger charge is -2.17. The first-order valence-electron chi connectivity index (χ1n) is 8.49. The Hall–Kier alpha value is -2.73. The van der Waals surface area contributed by atoms with Crippen LogP contribution in [-0.2, 0) is 12.1 Å². The van der Waals surface area contributed by atoms with Gasteiger partial charge in [0.05, 0.1) is 11.2 Å². The molecule has 2 heterocycles. The molecule has 0 spiro atoms. The molecule has 2 aromatic heterocycles. The van der Waals surface area contributed by atoms with Crippen LogP contribution in [0.25, 0.3) is 11.5 Å². The van der Waals surface area contributed by atoms with E-state index in [2.05, 4.69) is 15.1 Å². The Morgan fingerprint density at radius 2 is 1.88 bits per heavy atom. The van der Waals surface area contributed by atoms with E-state index in [1.165, 1.54) is 0 Å². The lowest BCUT2D eigenvalue weighted by atomic mass is 9.99. The topological polar surface area (TPSA) is 87.1 Å². The van der Waals surface area contributed by atoms with Crippen molar-refractivity contribution in [2.45, 2.75) is 37.8 Å². The molecule has 128 valence electrons. The van der Waals surface area contributed by atoms with Crippen molar-refractivity contribution in [3.05, 3.63) is 60.2 Å². The first-order valence-corrected chi connectivity index (χ1v) is 8.49. The molecule has 2 N–H and O–H groups in total. The second-order valence-corrected chi connectivity index (χ2v) is 6.42. The van der Waals surface area contributed by atoms with Crippen LogP contribution in [0.15, 0.2) is 53.2 Å². The molecule has 1 aliphatic rings. The van der Waals surface area contributed by atoms with Gasteiger partial charge in [-0.1, -0.05) is 24.1 Å². The van der Waals surface area contributed by atoms with Gasteiger partial charge in [-0.3, -0.25) is 4.98 Å². The lowest BCUT2D eigenvalue weighted by Crippen LogP contribution is -2.34. The van der Waals surface area contributed by atoms with E-state index in [9.17, 15) is 0 Å². The van der Waals surface area contributed by atoms with E-state index in [0.717, 1.165) is 42.7 Å². The van der Waals surface area contributed by atoms with E-state index in [1.54, 1.807) is 6.20 Å². The molecule has 4 rings (SSSR count). The Morgan fingerprint density at radius 1 is 1.08 bits per heavy atom. The molecule has 1 fully saturated rings. The van der Waals surface area contributed by atoms with E-state index in [0.29, 0.717) is 18.3 Å². The number of aromatic nitrogens is 3. The number of nitrogens with zero attached hydrogens (tertiary/aromatic N) is 3. The van der Waals surface area contributed by atoms with Crippen molar-refractivity contribution >= 4 is 0 Å². The van der Waals surface area contributed by atoms with E-state index in [4.69, 9.17) is 15.0 Å². The summed E-state index contributed by atoms with van der Waals surface area (Å²) in [6.07, 6.45) is 5.80. The molecule has 25 heavy (non-hydrogen) atoms. The highest BCUT2D eigenvalue weighted by molar-refractivity contribution is 5.54. The summed E-state index contributed by atoms with van der Waals surface area (Å²) in [6.45, 7) is 0.431. The fourth-order valence-corrected chi connectivity index (χ4v) is 3.11. The van der Waals surface area contributed by atoms with Gasteiger partial charge >= 0.3 is 0 Å². The standard InChI is InChI=1S/C19H20N4O2/c20-19(10-2-3-11-19)18-22-17(25-23-18)14-6-8-16(9-7-14)24-13-15-5-1-4-12-21-15/h1,4-9,12H,2-3,10-11,13,20H2. The Kier molecular flexibility index (Phi) is 4.19. The monoisotopic (exact) mass is 336 g/mol. The second-order valence-electron chi connectivity index (χ2n) is 6.42. The maximum Gasteiger partial charge on any atom is 0.257 e. The van der Waals surface area contributed by atoms with Crippen molar-refractivity contribution in [2.75, 3.05) is 0 Å². The number of hydrogen-bond donors (Lipinski definition) is 1. The summed E-state index contributed by atoms with van der Waals surface area (Å²) in [7, 11) is 0. The zero-order valence-electron chi connectivity index (χ0n) is 13.9. The molecule has 0 bridgehead atoms. The normalized spacial score (nSPS) is 16.0. The van der Waals surface area contributed by atoms with Gasteiger partial charge in [-0.2, -0.15) is 4.98 Å². The minimum absolute atomic E-state index is 0.431. The van der Waals surface area contributed by atoms with Gasteiger partial charge in [0.25, 0.3) is 5.89 Å². The first kappa shape index (κ1) is 15.8. The van der Waals surface area contributed by atoms with Crippen LogP contribution in [0.1, 0.15) is 37.2 Å². The largest absolute Gasteiger partial charge is 0.487 e. The predicted octanol–water partition coefficient (Wildman–Crippen LogP) is 3.44. The molecule has 0 radical (unpaired) electrons. The Balaban J connectivity index is 1.44. The molecular formula is C19H20N4O2. The average molecular weight is 336 g/mol. The molecule has 1 aromatic carbocycles. The quantitative estimate of drug-likeness (QED) is 0.768. The maximum atomic E-state index is 6.38. The van der Waals surface area contributed by atoms with Crippen LogP contribution in [0.3, 0.4) is 0 Å². The zero-order chi connectivity index (χ0) is 17.1. The molecule has 0 amide bonds. The first-order chi connectivity index (χ1) is 12.2. The van der Waals surface area contributed by atoms with Crippen molar-refractivity contribution in [1.82, 2.24) is 15.1 Å². The van der Waals surface area contributed by atoms with Crippen LogP contribution in [0, 0.1) is 0 Å². The van der Waals surface area contributed by atoms with Gasteiger partial charge in [0.1, 0.15) is 12.4 Å². The summed E-state index contributed by atoms with van der Waals surface area (Å²) in [6, 6.07) is 13.3. The van der Waals surface area contributed by atoms with Gasteiger partial charge in [0, 0.05) is 11.8 Å². The minimum Gasteiger partial charge on any atom is -0.487 e. The zero-order valence-corrected chi connectivity index (χ0v) is 13.9. The average Bonchev–Trinajstić information content (AvgIpc) is 3.32. The number of pyridine rings is 1. The summed E-state index contributed by atoms with van der Waals surface area (Å²) in [4.78, 5) is 8.74. The predicted molar refractivity (Wildman–Crippen MR) is 92.6 cm³/mol. The van der Waals surface area contributed by atoms with E-state index >= 15 is 0 Å². The summed E-state index contributed by atoms with van der Waals surface area (Å²) in [5, 5.41) is 4.09. The van der Waals surface area contributed by atoms with Gasteiger partial charge in [-0.25, -0.2) is 0 Å². The van der Waals surface area contributed by atoms with Crippen molar-refractivity contribution in [3.8, 4) is 17.2 Å². The van der Waals surface area contributed by atoms with Crippen molar-refractivity contribution in [1.29, 1.82) is 0 Å². The van der Waals surface area contributed by atoms with E-state index < -0.39 is 5.54 Å². The van der Waals surface area contributed by atoms with Gasteiger partial charge in [-0.05, 0) is 49.2 Å². The fraction of sp³-hybridized carbons (Fsp3) is 0.316. The molecule has 6 nitrogen and oxygen atoms in total. The molecular weight excluding hydrogens is 316 g/mol. The van der Waals surface area contributed by atoms with Crippen molar-refractivity contribution < 1.29 is 9.26 Å². The van der Waals surface area contributed by atoms with Crippen LogP contribution in [0.2, 0.25) is 0 Å². The minimum atomic E-state index is -0.437. The second kappa shape index (κ2) is 6.64. The van der Waals surface area contributed by atoms with Crippen LogP contribution >= 0.6 is 0 Å². The Labute approximate surface area is 146 Å². The number of benzene rings is 1. The lowest BCUT2D eigenvalue weighted by molar-refractivity contribution is 0.301.